The Labute approximate surface area is 127 Å². The molecule has 1 heterocycles. The van der Waals surface area contributed by atoms with Crippen molar-refractivity contribution in [1.29, 1.82) is 0 Å². The first-order valence-corrected chi connectivity index (χ1v) is 7.45. The number of ether oxygens (including phenoxy) is 1. The van der Waals surface area contributed by atoms with Crippen molar-refractivity contribution in [3.8, 4) is 0 Å². The van der Waals surface area contributed by atoms with Crippen molar-refractivity contribution in [3.63, 3.8) is 0 Å². The third-order valence-corrected chi connectivity index (χ3v) is 4.47. The fourth-order valence-electron chi connectivity index (χ4n) is 2.17. The van der Waals surface area contributed by atoms with Gasteiger partial charge in [-0.25, -0.2) is 4.79 Å². The standard InChI is InChI=1S/C14H19IN2O2/c1-16-5-7-17(8-6-16)10-12-4-3-11(9-13(12)15)14(18)19-2/h3-4,9H,5-8,10H2,1-2H3. The van der Waals surface area contributed by atoms with Gasteiger partial charge in [-0.2, -0.15) is 0 Å². The molecule has 4 nitrogen and oxygen atoms in total. The summed E-state index contributed by atoms with van der Waals surface area (Å²) in [7, 11) is 3.57. The highest BCUT2D eigenvalue weighted by Crippen LogP contribution is 2.18. The number of hydrogen-bond donors (Lipinski definition) is 0. The highest BCUT2D eigenvalue weighted by Gasteiger charge is 2.15. The highest BCUT2D eigenvalue weighted by molar-refractivity contribution is 14.1. The van der Waals surface area contributed by atoms with E-state index in [2.05, 4.69) is 39.4 Å². The van der Waals surface area contributed by atoms with Crippen LogP contribution in [0.4, 0.5) is 0 Å². The summed E-state index contributed by atoms with van der Waals surface area (Å²) in [6.07, 6.45) is 0. The Hall–Kier alpha value is -0.660. The molecule has 104 valence electrons. The van der Waals surface area contributed by atoms with Crippen LogP contribution in [-0.4, -0.2) is 56.1 Å². The summed E-state index contributed by atoms with van der Waals surface area (Å²) < 4.78 is 5.86. The zero-order chi connectivity index (χ0) is 13.8. The molecule has 2 rings (SSSR count). The van der Waals surface area contributed by atoms with Gasteiger partial charge in [0, 0.05) is 36.3 Å². The topological polar surface area (TPSA) is 32.8 Å². The van der Waals surface area contributed by atoms with Gasteiger partial charge >= 0.3 is 5.97 Å². The number of benzene rings is 1. The maximum atomic E-state index is 11.5. The number of piperazine rings is 1. The van der Waals surface area contributed by atoms with Crippen LogP contribution in [0, 0.1) is 3.57 Å². The Bertz CT molecular complexity index is 457. The van der Waals surface area contributed by atoms with Crippen LogP contribution in [-0.2, 0) is 11.3 Å². The van der Waals surface area contributed by atoms with Crippen molar-refractivity contribution in [1.82, 2.24) is 9.80 Å². The predicted molar refractivity (Wildman–Crippen MR) is 83.3 cm³/mol. The van der Waals surface area contributed by atoms with Crippen LogP contribution in [0.5, 0.6) is 0 Å². The fourth-order valence-corrected chi connectivity index (χ4v) is 2.85. The maximum Gasteiger partial charge on any atom is 0.337 e. The molecule has 1 aliphatic heterocycles. The summed E-state index contributed by atoms with van der Waals surface area (Å²) in [5.41, 5.74) is 1.90. The number of carbonyl (C=O) groups excluding carboxylic acids is 1. The second-order valence-electron chi connectivity index (χ2n) is 4.88. The third kappa shape index (κ3) is 3.90. The lowest BCUT2D eigenvalue weighted by atomic mass is 10.1. The van der Waals surface area contributed by atoms with Gasteiger partial charge in [0.25, 0.3) is 0 Å². The van der Waals surface area contributed by atoms with Gasteiger partial charge in [0.05, 0.1) is 12.7 Å². The Morgan fingerprint density at radius 2 is 2.00 bits per heavy atom. The van der Waals surface area contributed by atoms with Gasteiger partial charge in [0.15, 0.2) is 0 Å². The summed E-state index contributed by atoms with van der Waals surface area (Å²) in [5, 5.41) is 0. The van der Waals surface area contributed by atoms with Crippen molar-refractivity contribution in [2.75, 3.05) is 40.3 Å². The molecule has 1 aliphatic rings. The molecule has 0 unspecified atom stereocenters. The fraction of sp³-hybridized carbons (Fsp3) is 0.500. The van der Waals surface area contributed by atoms with Gasteiger partial charge in [-0.15, -0.1) is 0 Å². The summed E-state index contributed by atoms with van der Waals surface area (Å²) in [5.74, 6) is -0.274. The predicted octanol–water partition coefficient (Wildman–Crippen LogP) is 1.83. The van der Waals surface area contributed by atoms with Crippen LogP contribution in [0.15, 0.2) is 18.2 Å². The van der Waals surface area contributed by atoms with Crippen LogP contribution in [0.25, 0.3) is 0 Å². The normalized spacial score (nSPS) is 17.4. The Kier molecular flexibility index (Phi) is 5.18. The number of halogens is 1. The first-order valence-electron chi connectivity index (χ1n) is 6.38. The third-order valence-electron chi connectivity index (χ3n) is 3.46. The molecule has 19 heavy (non-hydrogen) atoms. The monoisotopic (exact) mass is 374 g/mol. The van der Waals surface area contributed by atoms with E-state index in [1.807, 2.05) is 18.2 Å². The average Bonchev–Trinajstić information content (AvgIpc) is 2.42. The van der Waals surface area contributed by atoms with Crippen LogP contribution in [0.2, 0.25) is 0 Å². The van der Waals surface area contributed by atoms with Crippen molar-refractivity contribution in [2.45, 2.75) is 6.54 Å². The van der Waals surface area contributed by atoms with E-state index < -0.39 is 0 Å². The van der Waals surface area contributed by atoms with E-state index in [1.165, 1.54) is 12.7 Å². The van der Waals surface area contributed by atoms with Gasteiger partial charge in [0.2, 0.25) is 0 Å². The van der Waals surface area contributed by atoms with E-state index >= 15 is 0 Å². The summed E-state index contributed by atoms with van der Waals surface area (Å²) in [4.78, 5) is 16.3. The second kappa shape index (κ2) is 6.67. The number of methoxy groups -OCH3 is 1. The molecule has 1 saturated heterocycles. The zero-order valence-corrected chi connectivity index (χ0v) is 13.5. The van der Waals surface area contributed by atoms with Crippen molar-refractivity contribution in [3.05, 3.63) is 32.9 Å². The highest BCUT2D eigenvalue weighted by atomic mass is 127. The average molecular weight is 374 g/mol. The minimum absolute atomic E-state index is 0.274. The van der Waals surface area contributed by atoms with E-state index in [0.717, 1.165) is 36.3 Å². The molecule has 1 aromatic rings. The van der Waals surface area contributed by atoms with Gasteiger partial charge in [-0.05, 0) is 47.3 Å². The first-order chi connectivity index (χ1) is 9.10. The largest absolute Gasteiger partial charge is 0.465 e. The molecule has 0 aromatic heterocycles. The lowest BCUT2D eigenvalue weighted by Crippen LogP contribution is -2.43. The summed E-state index contributed by atoms with van der Waals surface area (Å²) in [6, 6.07) is 5.78. The van der Waals surface area contributed by atoms with E-state index in [-0.39, 0.29) is 5.97 Å². The number of esters is 1. The zero-order valence-electron chi connectivity index (χ0n) is 11.4. The number of rotatable bonds is 3. The number of carbonyl (C=O) groups is 1. The van der Waals surface area contributed by atoms with Gasteiger partial charge in [0.1, 0.15) is 0 Å². The van der Waals surface area contributed by atoms with Crippen LogP contribution < -0.4 is 0 Å². The maximum absolute atomic E-state index is 11.5. The Morgan fingerprint density at radius 1 is 1.32 bits per heavy atom. The summed E-state index contributed by atoms with van der Waals surface area (Å²) >= 11 is 2.29. The second-order valence-corrected chi connectivity index (χ2v) is 6.04. The molecule has 1 aromatic carbocycles. The molecule has 0 radical (unpaired) electrons. The molecule has 0 amide bonds. The quantitative estimate of drug-likeness (QED) is 0.597. The number of likely N-dealkylation sites (N-methyl/N-ethyl adjacent to an activating group) is 1. The number of nitrogens with zero attached hydrogens (tertiary/aromatic N) is 2. The molecule has 0 N–H and O–H groups in total. The van der Waals surface area contributed by atoms with Crippen molar-refractivity contribution >= 4 is 28.6 Å². The number of hydrogen-bond acceptors (Lipinski definition) is 4. The molecular formula is C14H19IN2O2. The lowest BCUT2D eigenvalue weighted by Gasteiger charge is -2.32. The van der Waals surface area contributed by atoms with Gasteiger partial charge in [-0.1, -0.05) is 6.07 Å². The molecule has 0 spiro atoms. The molecule has 1 fully saturated rings. The lowest BCUT2D eigenvalue weighted by molar-refractivity contribution is 0.0600. The smallest absolute Gasteiger partial charge is 0.337 e. The van der Waals surface area contributed by atoms with E-state index in [4.69, 9.17) is 4.74 Å². The van der Waals surface area contributed by atoms with Gasteiger partial charge < -0.3 is 9.64 Å². The van der Waals surface area contributed by atoms with Crippen LogP contribution in [0.1, 0.15) is 15.9 Å². The molecule has 0 atom stereocenters. The Balaban J connectivity index is 2.03. The van der Waals surface area contributed by atoms with Crippen LogP contribution >= 0.6 is 22.6 Å². The summed E-state index contributed by atoms with van der Waals surface area (Å²) in [6.45, 7) is 5.40. The molecule has 0 bridgehead atoms. The first kappa shape index (κ1) is 14.7. The SMILES string of the molecule is COC(=O)c1ccc(CN2CCN(C)CC2)c(I)c1. The van der Waals surface area contributed by atoms with Crippen molar-refractivity contribution in [2.24, 2.45) is 0 Å². The van der Waals surface area contributed by atoms with Crippen molar-refractivity contribution < 1.29 is 9.53 Å². The molecular weight excluding hydrogens is 355 g/mol. The molecule has 0 aliphatic carbocycles. The van der Waals surface area contributed by atoms with E-state index in [9.17, 15) is 4.79 Å². The minimum atomic E-state index is -0.274. The molecule has 0 saturated carbocycles. The molecule has 5 heteroatoms. The van der Waals surface area contributed by atoms with Crippen LogP contribution in [0.3, 0.4) is 0 Å². The van der Waals surface area contributed by atoms with E-state index in [0.29, 0.717) is 5.56 Å². The van der Waals surface area contributed by atoms with E-state index in [1.54, 1.807) is 0 Å². The Morgan fingerprint density at radius 3 is 2.58 bits per heavy atom. The van der Waals surface area contributed by atoms with Gasteiger partial charge in [-0.3, -0.25) is 4.90 Å². The minimum Gasteiger partial charge on any atom is -0.465 e.